The van der Waals surface area contributed by atoms with E-state index < -0.39 is 10.0 Å². The van der Waals surface area contributed by atoms with Crippen LogP contribution in [0.1, 0.15) is 13.3 Å². The first-order valence-corrected chi connectivity index (χ1v) is 8.38. The lowest BCUT2D eigenvalue weighted by atomic mass is 10.3. The summed E-state index contributed by atoms with van der Waals surface area (Å²) in [5.41, 5.74) is 0. The molecule has 7 heteroatoms. The Morgan fingerprint density at radius 2 is 2.29 bits per heavy atom. The molecule has 1 unspecified atom stereocenters. The van der Waals surface area contributed by atoms with Crippen molar-refractivity contribution >= 4 is 33.4 Å². The second-order valence-corrected chi connectivity index (χ2v) is 6.51. The summed E-state index contributed by atoms with van der Waals surface area (Å²) in [6.07, 6.45) is 4.07. The van der Waals surface area contributed by atoms with Crippen LogP contribution in [0.25, 0.3) is 0 Å². The van der Waals surface area contributed by atoms with E-state index in [1.165, 1.54) is 18.3 Å². The van der Waals surface area contributed by atoms with Crippen molar-refractivity contribution in [1.82, 2.24) is 9.71 Å². The fourth-order valence-electron chi connectivity index (χ4n) is 1.28. The lowest BCUT2D eigenvalue weighted by Gasteiger charge is -2.15. The van der Waals surface area contributed by atoms with Crippen LogP contribution in [0.15, 0.2) is 23.2 Å². The molecule has 4 nitrogen and oxygen atoms in total. The molecule has 0 spiro atoms. The van der Waals surface area contributed by atoms with E-state index >= 15 is 0 Å². The molecule has 1 atom stereocenters. The number of pyridine rings is 1. The quantitative estimate of drug-likeness (QED) is 0.817. The number of halogens is 1. The molecule has 1 rings (SSSR count). The molecule has 0 aliphatic heterocycles. The first-order valence-electron chi connectivity index (χ1n) is 5.12. The predicted molar refractivity (Wildman–Crippen MR) is 72.0 cm³/mol. The van der Waals surface area contributed by atoms with Crippen LogP contribution in [0, 0.1) is 0 Å². The molecule has 96 valence electrons. The Kier molecular flexibility index (Phi) is 5.72. The molecular weight excluding hydrogens is 280 g/mol. The molecule has 0 radical (unpaired) electrons. The van der Waals surface area contributed by atoms with Crippen molar-refractivity contribution in [2.45, 2.75) is 24.3 Å². The van der Waals surface area contributed by atoms with E-state index in [4.69, 9.17) is 11.6 Å². The van der Waals surface area contributed by atoms with Gasteiger partial charge in [-0.1, -0.05) is 18.5 Å². The molecule has 1 heterocycles. The lowest BCUT2D eigenvalue weighted by molar-refractivity contribution is 0.558. The normalized spacial score (nSPS) is 13.6. The van der Waals surface area contributed by atoms with E-state index in [1.54, 1.807) is 11.8 Å². The molecule has 0 saturated heterocycles. The van der Waals surface area contributed by atoms with Crippen LogP contribution in [0.5, 0.6) is 0 Å². The smallest absolute Gasteiger partial charge is 0.241 e. The van der Waals surface area contributed by atoms with E-state index in [0.717, 1.165) is 12.2 Å². The maximum Gasteiger partial charge on any atom is 0.241 e. The minimum atomic E-state index is -3.50. The minimum absolute atomic E-state index is 0.0676. The van der Waals surface area contributed by atoms with Crippen molar-refractivity contribution in [2.24, 2.45) is 0 Å². The fraction of sp³-hybridized carbons (Fsp3) is 0.500. The Morgan fingerprint density at radius 3 is 2.82 bits per heavy atom. The first kappa shape index (κ1) is 14.8. The van der Waals surface area contributed by atoms with Gasteiger partial charge in [-0.3, -0.25) is 0 Å². The highest BCUT2D eigenvalue weighted by Crippen LogP contribution is 2.14. The molecule has 0 fully saturated rings. The van der Waals surface area contributed by atoms with Gasteiger partial charge in [0.25, 0.3) is 0 Å². The number of sulfonamides is 1. The highest BCUT2D eigenvalue weighted by atomic mass is 35.5. The molecule has 1 aromatic rings. The zero-order valence-corrected chi connectivity index (χ0v) is 12.1. The van der Waals surface area contributed by atoms with Crippen LogP contribution in [0.3, 0.4) is 0 Å². The summed E-state index contributed by atoms with van der Waals surface area (Å²) in [7, 11) is -3.50. The van der Waals surface area contributed by atoms with Crippen molar-refractivity contribution in [1.29, 1.82) is 0 Å². The summed E-state index contributed by atoms with van der Waals surface area (Å²) in [6.45, 7) is 1.95. The van der Waals surface area contributed by atoms with Gasteiger partial charge in [-0.15, -0.1) is 0 Å². The summed E-state index contributed by atoms with van der Waals surface area (Å²) in [5.74, 6) is 0.745. The topological polar surface area (TPSA) is 59.1 Å². The Bertz CT molecular complexity index is 465. The van der Waals surface area contributed by atoms with E-state index in [-0.39, 0.29) is 16.1 Å². The average molecular weight is 295 g/mol. The summed E-state index contributed by atoms with van der Waals surface area (Å²) in [6, 6.07) is 2.71. The first-order chi connectivity index (χ1) is 7.99. The maximum absolute atomic E-state index is 12.0. The van der Waals surface area contributed by atoms with Crippen LogP contribution in [-0.4, -0.2) is 31.5 Å². The van der Waals surface area contributed by atoms with Crippen molar-refractivity contribution < 1.29 is 8.42 Å². The zero-order chi connectivity index (χ0) is 12.9. The van der Waals surface area contributed by atoms with Gasteiger partial charge in [0.1, 0.15) is 5.15 Å². The number of rotatable bonds is 6. The van der Waals surface area contributed by atoms with Crippen molar-refractivity contribution in [2.75, 3.05) is 12.0 Å². The van der Waals surface area contributed by atoms with Crippen molar-refractivity contribution in [3.63, 3.8) is 0 Å². The van der Waals surface area contributed by atoms with Gasteiger partial charge in [-0.05, 0) is 24.8 Å². The Morgan fingerprint density at radius 1 is 1.59 bits per heavy atom. The molecule has 0 aliphatic rings. The molecule has 1 N–H and O–H groups in total. The molecule has 0 amide bonds. The summed E-state index contributed by atoms with van der Waals surface area (Å²) < 4.78 is 26.7. The van der Waals surface area contributed by atoms with Gasteiger partial charge in [0, 0.05) is 18.0 Å². The third kappa shape index (κ3) is 4.46. The third-order valence-corrected chi connectivity index (χ3v) is 4.65. The van der Waals surface area contributed by atoms with Gasteiger partial charge in [0.2, 0.25) is 10.0 Å². The monoisotopic (exact) mass is 294 g/mol. The number of nitrogens with zero attached hydrogens (tertiary/aromatic N) is 1. The third-order valence-electron chi connectivity index (χ3n) is 2.19. The molecule has 0 aliphatic carbocycles. The van der Waals surface area contributed by atoms with E-state index in [9.17, 15) is 8.42 Å². The van der Waals surface area contributed by atoms with Gasteiger partial charge in [-0.25, -0.2) is 18.1 Å². The van der Waals surface area contributed by atoms with E-state index in [0.29, 0.717) is 0 Å². The summed E-state index contributed by atoms with van der Waals surface area (Å²) in [5, 5.41) is 0.172. The van der Waals surface area contributed by atoms with Gasteiger partial charge < -0.3 is 0 Å². The minimum Gasteiger partial charge on any atom is -0.244 e. The lowest BCUT2D eigenvalue weighted by Crippen LogP contribution is -2.36. The SMILES string of the molecule is CCC(CSC)NS(=O)(=O)c1ccnc(Cl)c1. The molecule has 0 aromatic carbocycles. The second-order valence-electron chi connectivity index (χ2n) is 3.50. The van der Waals surface area contributed by atoms with Gasteiger partial charge >= 0.3 is 0 Å². The van der Waals surface area contributed by atoms with Crippen LogP contribution in [-0.2, 0) is 10.0 Å². The number of hydrogen-bond acceptors (Lipinski definition) is 4. The average Bonchev–Trinajstić information content (AvgIpc) is 2.28. The van der Waals surface area contributed by atoms with Crippen LogP contribution in [0.2, 0.25) is 5.15 Å². The largest absolute Gasteiger partial charge is 0.244 e. The summed E-state index contributed by atoms with van der Waals surface area (Å²) in [4.78, 5) is 3.91. The number of aromatic nitrogens is 1. The van der Waals surface area contributed by atoms with Gasteiger partial charge in [0.05, 0.1) is 4.90 Å². The van der Waals surface area contributed by atoms with Gasteiger partial charge in [-0.2, -0.15) is 11.8 Å². The Hall–Kier alpha value is -0.300. The predicted octanol–water partition coefficient (Wildman–Crippen LogP) is 2.15. The van der Waals surface area contributed by atoms with Crippen LogP contribution in [0.4, 0.5) is 0 Å². The highest BCUT2D eigenvalue weighted by molar-refractivity contribution is 7.98. The van der Waals surface area contributed by atoms with Crippen LogP contribution >= 0.6 is 23.4 Å². The molecule has 17 heavy (non-hydrogen) atoms. The van der Waals surface area contributed by atoms with E-state index in [1.807, 2.05) is 13.2 Å². The van der Waals surface area contributed by atoms with Crippen molar-refractivity contribution in [3.05, 3.63) is 23.5 Å². The number of hydrogen-bond donors (Lipinski definition) is 1. The fourth-order valence-corrected chi connectivity index (χ4v) is 3.67. The molecule has 0 saturated carbocycles. The summed E-state index contributed by atoms with van der Waals surface area (Å²) >= 11 is 7.28. The van der Waals surface area contributed by atoms with E-state index in [2.05, 4.69) is 9.71 Å². The zero-order valence-electron chi connectivity index (χ0n) is 9.68. The number of nitrogens with one attached hydrogen (secondary N) is 1. The Labute approximate surface area is 111 Å². The molecular formula is C10H15ClN2O2S2. The molecule has 1 aromatic heterocycles. The van der Waals surface area contributed by atoms with Gasteiger partial charge in [0.15, 0.2) is 0 Å². The highest BCUT2D eigenvalue weighted by Gasteiger charge is 2.18. The van der Waals surface area contributed by atoms with Crippen molar-refractivity contribution in [3.8, 4) is 0 Å². The Balaban J connectivity index is 2.88. The second kappa shape index (κ2) is 6.58. The van der Waals surface area contributed by atoms with Crippen LogP contribution < -0.4 is 4.72 Å². The molecule has 0 bridgehead atoms. The maximum atomic E-state index is 12.0. The standard InChI is InChI=1S/C10H15ClN2O2S2/c1-3-8(7-16-2)13-17(14,15)9-4-5-12-10(11)6-9/h4-6,8,13H,3,7H2,1-2H3. The number of thioether (sulfide) groups is 1.